The molecule has 3 aliphatic carbocycles. The number of hydrogen-bond donors (Lipinski definition) is 3. The predicted molar refractivity (Wildman–Crippen MR) is 139 cm³/mol. The number of nitrogens with zero attached hydrogens (tertiary/aromatic N) is 2. The van der Waals surface area contributed by atoms with E-state index in [1.54, 1.807) is 18.2 Å². The van der Waals surface area contributed by atoms with Crippen LogP contribution in [0, 0.1) is 10.4 Å². The van der Waals surface area contributed by atoms with Gasteiger partial charge >= 0.3 is 5.97 Å². The maximum atomic E-state index is 13.7. The van der Waals surface area contributed by atoms with Crippen molar-refractivity contribution in [3.63, 3.8) is 0 Å². The first kappa shape index (κ1) is 25.4. The lowest BCUT2D eigenvalue weighted by Gasteiger charge is -2.17. The van der Waals surface area contributed by atoms with Crippen molar-refractivity contribution in [3.8, 4) is 0 Å². The van der Waals surface area contributed by atoms with E-state index in [9.17, 15) is 32.5 Å². The quantitative estimate of drug-likeness (QED) is 0.260. The topological polar surface area (TPSA) is 163 Å². The van der Waals surface area contributed by atoms with E-state index in [1.165, 1.54) is 30.3 Å². The van der Waals surface area contributed by atoms with E-state index in [-0.39, 0.29) is 43.9 Å². The molecule has 0 unspecified atom stereocenters. The average molecular weight is 534 g/mol. The van der Waals surface area contributed by atoms with Crippen LogP contribution in [0.25, 0.3) is 10.8 Å². The van der Waals surface area contributed by atoms with Crippen molar-refractivity contribution in [2.24, 2.45) is 10.1 Å². The Kier molecular flexibility index (Phi) is 6.64. The molecule has 11 heteroatoms. The third kappa shape index (κ3) is 4.61. The molecular formula is C27H23N3O7S. The van der Waals surface area contributed by atoms with Gasteiger partial charge in [0.15, 0.2) is 10.9 Å². The predicted octanol–water partition coefficient (Wildman–Crippen LogP) is 2.27. The second-order valence-corrected chi connectivity index (χ2v) is 10.6. The molecule has 0 spiro atoms. The lowest BCUT2D eigenvalue weighted by atomic mass is 9.96. The van der Waals surface area contributed by atoms with Crippen molar-refractivity contribution < 1.29 is 22.9 Å². The number of aromatic carboxylic acids is 1. The Morgan fingerprint density at radius 3 is 2.13 bits per heavy atom. The normalized spacial score (nSPS) is 15.8. The van der Waals surface area contributed by atoms with Crippen LogP contribution < -0.4 is 27.0 Å². The first-order valence-corrected chi connectivity index (χ1v) is 13.5. The molecule has 1 saturated carbocycles. The SMILES string of the molecule is O=C(O)c1ccccc1N/N=c1/c(S(=O)(=O)O)cc(=NC2CCCCC2)c2c(=O)c3ccccc3c(=O)c1=2. The van der Waals surface area contributed by atoms with Gasteiger partial charge in [0.2, 0.25) is 0 Å². The van der Waals surface area contributed by atoms with Crippen LogP contribution in [0.5, 0.6) is 0 Å². The summed E-state index contributed by atoms with van der Waals surface area (Å²) in [6.07, 6.45) is 4.39. The number of anilines is 1. The molecule has 10 nitrogen and oxygen atoms in total. The minimum atomic E-state index is -4.95. The van der Waals surface area contributed by atoms with Crippen LogP contribution in [0.2, 0.25) is 0 Å². The number of hydrogen-bond acceptors (Lipinski definition) is 8. The molecule has 0 heterocycles. The summed E-state index contributed by atoms with van der Waals surface area (Å²) in [5, 5.41) is 12.9. The molecule has 5 rings (SSSR count). The Morgan fingerprint density at radius 2 is 1.50 bits per heavy atom. The largest absolute Gasteiger partial charge is 0.478 e. The van der Waals surface area contributed by atoms with Gasteiger partial charge in [0, 0.05) is 10.8 Å². The second kappa shape index (κ2) is 9.92. The van der Waals surface area contributed by atoms with Gasteiger partial charge in [-0.2, -0.15) is 13.5 Å². The maximum absolute atomic E-state index is 13.7. The van der Waals surface area contributed by atoms with Gasteiger partial charge in [0.05, 0.1) is 33.1 Å². The van der Waals surface area contributed by atoms with Crippen molar-refractivity contribution >= 4 is 32.5 Å². The zero-order valence-corrected chi connectivity index (χ0v) is 20.9. The first-order valence-electron chi connectivity index (χ1n) is 12.0. The Morgan fingerprint density at radius 1 is 0.895 bits per heavy atom. The number of rotatable bonds is 5. The van der Waals surface area contributed by atoms with E-state index in [0.717, 1.165) is 38.2 Å². The summed E-state index contributed by atoms with van der Waals surface area (Å²) in [6, 6.07) is 12.8. The summed E-state index contributed by atoms with van der Waals surface area (Å²) in [5.74, 6) is -1.26. The van der Waals surface area contributed by atoms with Gasteiger partial charge < -0.3 is 5.11 Å². The second-order valence-electron chi connectivity index (χ2n) is 9.17. The average Bonchev–Trinajstić information content (AvgIpc) is 2.90. The van der Waals surface area contributed by atoms with E-state index >= 15 is 0 Å². The highest BCUT2D eigenvalue weighted by molar-refractivity contribution is 7.85. The van der Waals surface area contributed by atoms with Gasteiger partial charge in [-0.05, 0) is 31.0 Å². The highest BCUT2D eigenvalue weighted by Crippen LogP contribution is 2.20. The number of para-hydroxylation sites is 1. The van der Waals surface area contributed by atoms with Crippen molar-refractivity contribution in [2.75, 3.05) is 5.43 Å². The van der Waals surface area contributed by atoms with E-state index < -0.39 is 37.2 Å². The number of benzene rings is 2. The minimum absolute atomic E-state index is 0.00253. The Labute approximate surface area is 215 Å². The molecule has 1 fully saturated rings. The molecule has 3 N–H and O–H groups in total. The molecule has 194 valence electrons. The molecule has 2 aromatic carbocycles. The van der Waals surface area contributed by atoms with Crippen molar-refractivity contribution in [1.29, 1.82) is 0 Å². The highest BCUT2D eigenvalue weighted by atomic mass is 32.2. The lowest BCUT2D eigenvalue weighted by Crippen LogP contribution is -2.34. The monoisotopic (exact) mass is 533 g/mol. The van der Waals surface area contributed by atoms with Crippen LogP contribution in [-0.2, 0) is 10.1 Å². The van der Waals surface area contributed by atoms with Gasteiger partial charge in [0.1, 0.15) is 10.3 Å². The van der Waals surface area contributed by atoms with Crippen LogP contribution in [-0.4, -0.2) is 30.1 Å². The van der Waals surface area contributed by atoms with E-state index in [4.69, 9.17) is 0 Å². The molecule has 0 atom stereocenters. The molecule has 0 amide bonds. The van der Waals surface area contributed by atoms with Crippen LogP contribution >= 0.6 is 0 Å². The molecule has 38 heavy (non-hydrogen) atoms. The number of nitrogens with one attached hydrogen (secondary N) is 1. The third-order valence-electron chi connectivity index (χ3n) is 6.73. The van der Waals surface area contributed by atoms with Crippen LogP contribution in [0.3, 0.4) is 0 Å². The van der Waals surface area contributed by atoms with Crippen LogP contribution in [0.1, 0.15) is 42.5 Å². The Balaban J connectivity index is 1.98. The minimum Gasteiger partial charge on any atom is -0.478 e. The molecule has 2 aromatic rings. The number of carboxylic acids is 1. The van der Waals surface area contributed by atoms with E-state index in [1.807, 2.05) is 0 Å². The molecule has 0 bridgehead atoms. The highest BCUT2D eigenvalue weighted by Gasteiger charge is 2.21. The van der Waals surface area contributed by atoms with E-state index in [2.05, 4.69) is 15.5 Å². The van der Waals surface area contributed by atoms with Gasteiger partial charge in [0.25, 0.3) is 10.1 Å². The summed E-state index contributed by atoms with van der Waals surface area (Å²) in [5.41, 5.74) is 1.19. The van der Waals surface area contributed by atoms with Gasteiger partial charge in [-0.3, -0.25) is 24.6 Å². The molecule has 0 aromatic heterocycles. The van der Waals surface area contributed by atoms with E-state index in [0.29, 0.717) is 0 Å². The van der Waals surface area contributed by atoms with Crippen molar-refractivity contribution in [2.45, 2.75) is 43.0 Å². The fraction of sp³-hybridized carbons (Fsp3) is 0.222. The fourth-order valence-electron chi connectivity index (χ4n) is 4.93. The summed E-state index contributed by atoms with van der Waals surface area (Å²) in [6.45, 7) is 0. The molecule has 0 radical (unpaired) electrons. The Hall–Kier alpha value is -4.22. The van der Waals surface area contributed by atoms with Gasteiger partial charge in [-0.1, -0.05) is 55.7 Å². The standard InChI is InChI=1S/C27H23N3O7S/c31-25-16-10-4-5-11-17(16)26(32)23-22(25)20(28-15-8-2-1-3-9-15)14-21(38(35,36)37)24(23)30-29-19-13-7-6-12-18(19)27(33)34/h4-7,10-15,29H,1-3,8-9H2,(H,33,34)(H,35,36,37)/b28-20?,30-24-. The summed E-state index contributed by atoms with van der Waals surface area (Å²) >= 11 is 0. The summed E-state index contributed by atoms with van der Waals surface area (Å²) in [4.78, 5) is 43.0. The fourth-order valence-corrected chi connectivity index (χ4v) is 5.59. The zero-order valence-electron chi connectivity index (χ0n) is 20.0. The summed E-state index contributed by atoms with van der Waals surface area (Å²) < 4.78 is 35.2. The van der Waals surface area contributed by atoms with Crippen LogP contribution in [0.15, 0.2) is 79.2 Å². The molecule has 0 aliphatic heterocycles. The number of carbonyl (C=O) groups is 1. The van der Waals surface area contributed by atoms with Crippen LogP contribution in [0.4, 0.5) is 5.69 Å². The van der Waals surface area contributed by atoms with Gasteiger partial charge in [-0.15, -0.1) is 0 Å². The number of carboxylic acid groups (broad SMARTS) is 1. The Bertz CT molecular complexity index is 1990. The van der Waals surface area contributed by atoms with Gasteiger partial charge in [-0.25, -0.2) is 4.79 Å². The zero-order chi connectivity index (χ0) is 27.0. The van der Waals surface area contributed by atoms with Crippen molar-refractivity contribution in [3.05, 3.63) is 102 Å². The maximum Gasteiger partial charge on any atom is 0.337 e. The first-order chi connectivity index (χ1) is 18.2. The number of fused-ring (bicyclic) bond motifs is 1. The lowest BCUT2D eigenvalue weighted by molar-refractivity contribution is 0.0698. The smallest absolute Gasteiger partial charge is 0.337 e. The molecule has 0 saturated heterocycles. The molecule has 3 aliphatic rings. The third-order valence-corrected chi connectivity index (χ3v) is 7.60. The summed E-state index contributed by atoms with van der Waals surface area (Å²) in [7, 11) is -4.95. The molecular weight excluding hydrogens is 510 g/mol. The van der Waals surface area contributed by atoms with Crippen molar-refractivity contribution in [1.82, 2.24) is 0 Å².